The van der Waals surface area contributed by atoms with Crippen molar-refractivity contribution in [3.05, 3.63) is 24.0 Å². The van der Waals surface area contributed by atoms with Crippen LogP contribution in [0.1, 0.15) is 18.9 Å². The quantitative estimate of drug-likeness (QED) is 0.837. The summed E-state index contributed by atoms with van der Waals surface area (Å²) in [6, 6.07) is 2.22. The summed E-state index contributed by atoms with van der Waals surface area (Å²) in [5.41, 5.74) is 2.52. The summed E-state index contributed by atoms with van der Waals surface area (Å²) >= 11 is 0. The summed E-state index contributed by atoms with van der Waals surface area (Å²) in [4.78, 5) is 6.71. The van der Waals surface area contributed by atoms with Gasteiger partial charge >= 0.3 is 0 Å². The molecular formula is C13H21N3. The molecule has 0 spiro atoms. The van der Waals surface area contributed by atoms with Crippen molar-refractivity contribution in [2.75, 3.05) is 31.1 Å². The van der Waals surface area contributed by atoms with Crippen LogP contribution >= 0.6 is 0 Å². The number of hydrogen-bond donors (Lipinski definition) is 1. The van der Waals surface area contributed by atoms with E-state index in [9.17, 15) is 0 Å². The normalized spacial score (nSPS) is 20.4. The maximum atomic E-state index is 4.26. The molecule has 1 atom stereocenters. The van der Waals surface area contributed by atoms with E-state index in [1.54, 1.807) is 0 Å². The van der Waals surface area contributed by atoms with Crippen LogP contribution in [0.15, 0.2) is 18.5 Å². The van der Waals surface area contributed by atoms with Crippen molar-refractivity contribution in [3.8, 4) is 0 Å². The van der Waals surface area contributed by atoms with Crippen molar-refractivity contribution in [2.45, 2.75) is 20.3 Å². The van der Waals surface area contributed by atoms with Gasteiger partial charge in [0.15, 0.2) is 0 Å². The Balaban J connectivity index is 1.93. The fraction of sp³-hybridized carbons (Fsp3) is 0.615. The third kappa shape index (κ3) is 2.73. The number of aromatic nitrogens is 1. The van der Waals surface area contributed by atoms with Crippen LogP contribution in [0.2, 0.25) is 0 Å². The van der Waals surface area contributed by atoms with Crippen LogP contribution < -0.4 is 10.2 Å². The van der Waals surface area contributed by atoms with Crippen LogP contribution in [0.4, 0.5) is 5.69 Å². The van der Waals surface area contributed by atoms with Crippen LogP contribution in [0, 0.1) is 12.8 Å². The zero-order valence-corrected chi connectivity index (χ0v) is 10.2. The van der Waals surface area contributed by atoms with Crippen LogP contribution in [-0.4, -0.2) is 31.2 Å². The van der Waals surface area contributed by atoms with Crippen LogP contribution in [-0.2, 0) is 0 Å². The number of rotatable bonds is 4. The first-order valence-corrected chi connectivity index (χ1v) is 6.17. The van der Waals surface area contributed by atoms with Crippen molar-refractivity contribution in [2.24, 2.45) is 5.92 Å². The lowest BCUT2D eigenvalue weighted by Crippen LogP contribution is -2.26. The molecule has 3 heteroatoms. The SMILES string of the molecule is CCNCC1CCN(c2cncc(C)c2)C1. The van der Waals surface area contributed by atoms with Gasteiger partial charge in [0.2, 0.25) is 0 Å². The van der Waals surface area contributed by atoms with Crippen molar-refractivity contribution in [3.63, 3.8) is 0 Å². The van der Waals surface area contributed by atoms with Gasteiger partial charge in [0.25, 0.3) is 0 Å². The average molecular weight is 219 g/mol. The van der Waals surface area contributed by atoms with Gasteiger partial charge in [0, 0.05) is 19.3 Å². The van der Waals surface area contributed by atoms with E-state index in [-0.39, 0.29) is 0 Å². The van der Waals surface area contributed by atoms with Crippen LogP contribution in [0.5, 0.6) is 0 Å². The highest BCUT2D eigenvalue weighted by molar-refractivity contribution is 5.46. The molecule has 0 radical (unpaired) electrons. The first-order chi connectivity index (χ1) is 7.79. The van der Waals surface area contributed by atoms with E-state index in [1.165, 1.54) is 24.2 Å². The summed E-state index contributed by atoms with van der Waals surface area (Å²) < 4.78 is 0. The Morgan fingerprint density at radius 3 is 3.12 bits per heavy atom. The van der Waals surface area contributed by atoms with Crippen molar-refractivity contribution >= 4 is 5.69 Å². The lowest BCUT2D eigenvalue weighted by Gasteiger charge is -2.18. The molecule has 0 aliphatic carbocycles. The molecule has 1 saturated heterocycles. The Morgan fingerprint density at radius 1 is 1.50 bits per heavy atom. The lowest BCUT2D eigenvalue weighted by molar-refractivity contribution is 0.528. The molecule has 1 aliphatic heterocycles. The minimum atomic E-state index is 0.792. The zero-order chi connectivity index (χ0) is 11.4. The van der Waals surface area contributed by atoms with Crippen molar-refractivity contribution in [1.82, 2.24) is 10.3 Å². The minimum Gasteiger partial charge on any atom is -0.370 e. The molecule has 88 valence electrons. The molecule has 1 N–H and O–H groups in total. The van der Waals surface area contributed by atoms with Crippen molar-refractivity contribution < 1.29 is 0 Å². The fourth-order valence-electron chi connectivity index (χ4n) is 2.29. The van der Waals surface area contributed by atoms with Crippen molar-refractivity contribution in [1.29, 1.82) is 0 Å². The molecule has 0 saturated carbocycles. The highest BCUT2D eigenvalue weighted by Gasteiger charge is 2.22. The Kier molecular flexibility index (Phi) is 3.78. The molecule has 1 aromatic heterocycles. The zero-order valence-electron chi connectivity index (χ0n) is 10.2. The van der Waals surface area contributed by atoms with E-state index >= 15 is 0 Å². The molecule has 0 aromatic carbocycles. The van der Waals surface area contributed by atoms with E-state index in [0.717, 1.165) is 25.6 Å². The third-order valence-corrected chi connectivity index (χ3v) is 3.19. The first kappa shape index (κ1) is 11.4. The standard InChI is InChI=1S/C13H21N3/c1-3-14-8-12-4-5-16(10-12)13-6-11(2)7-15-9-13/h6-7,9,12,14H,3-5,8,10H2,1-2H3. The van der Waals surface area contributed by atoms with Gasteiger partial charge in [-0.05, 0) is 44.0 Å². The molecule has 2 rings (SSSR count). The fourth-order valence-corrected chi connectivity index (χ4v) is 2.29. The van der Waals surface area contributed by atoms with Gasteiger partial charge in [0.05, 0.1) is 11.9 Å². The summed E-state index contributed by atoms with van der Waals surface area (Å²) in [5.74, 6) is 0.792. The van der Waals surface area contributed by atoms with Gasteiger partial charge in [-0.3, -0.25) is 4.98 Å². The van der Waals surface area contributed by atoms with Crippen LogP contribution in [0.25, 0.3) is 0 Å². The van der Waals surface area contributed by atoms with E-state index in [0.29, 0.717) is 0 Å². The molecule has 1 fully saturated rings. The average Bonchev–Trinajstić information content (AvgIpc) is 2.75. The molecule has 1 aliphatic rings. The van der Waals surface area contributed by atoms with Gasteiger partial charge in [-0.25, -0.2) is 0 Å². The summed E-state index contributed by atoms with van der Waals surface area (Å²) in [6.07, 6.45) is 5.18. The Hall–Kier alpha value is -1.09. The number of nitrogens with one attached hydrogen (secondary N) is 1. The van der Waals surface area contributed by atoms with Crippen LogP contribution in [0.3, 0.4) is 0 Å². The van der Waals surface area contributed by atoms with E-state index < -0.39 is 0 Å². The molecule has 3 nitrogen and oxygen atoms in total. The number of anilines is 1. The highest BCUT2D eigenvalue weighted by Crippen LogP contribution is 2.23. The number of pyridine rings is 1. The number of hydrogen-bond acceptors (Lipinski definition) is 3. The molecule has 2 heterocycles. The molecule has 1 aromatic rings. The second-order valence-electron chi connectivity index (χ2n) is 4.63. The summed E-state index contributed by atoms with van der Waals surface area (Å²) in [6.45, 7) is 8.81. The van der Waals surface area contributed by atoms with Gasteiger partial charge in [0.1, 0.15) is 0 Å². The second kappa shape index (κ2) is 5.30. The Bertz CT molecular complexity index is 338. The summed E-state index contributed by atoms with van der Waals surface area (Å²) in [7, 11) is 0. The summed E-state index contributed by atoms with van der Waals surface area (Å²) in [5, 5.41) is 3.43. The first-order valence-electron chi connectivity index (χ1n) is 6.17. The minimum absolute atomic E-state index is 0.792. The third-order valence-electron chi connectivity index (χ3n) is 3.19. The highest BCUT2D eigenvalue weighted by atomic mass is 15.2. The largest absolute Gasteiger partial charge is 0.370 e. The Morgan fingerprint density at radius 2 is 2.38 bits per heavy atom. The van der Waals surface area contributed by atoms with E-state index in [1.807, 2.05) is 12.4 Å². The molecule has 1 unspecified atom stereocenters. The molecular weight excluding hydrogens is 198 g/mol. The predicted molar refractivity (Wildman–Crippen MR) is 67.8 cm³/mol. The molecule has 16 heavy (non-hydrogen) atoms. The van der Waals surface area contributed by atoms with Gasteiger partial charge in [-0.2, -0.15) is 0 Å². The van der Waals surface area contributed by atoms with Gasteiger partial charge < -0.3 is 10.2 Å². The topological polar surface area (TPSA) is 28.2 Å². The maximum absolute atomic E-state index is 4.26. The number of nitrogens with zero attached hydrogens (tertiary/aromatic N) is 2. The van der Waals surface area contributed by atoms with E-state index in [4.69, 9.17) is 0 Å². The monoisotopic (exact) mass is 219 g/mol. The predicted octanol–water partition coefficient (Wildman–Crippen LogP) is 1.83. The molecule has 0 bridgehead atoms. The number of aryl methyl sites for hydroxylation is 1. The second-order valence-corrected chi connectivity index (χ2v) is 4.63. The van der Waals surface area contributed by atoms with E-state index in [2.05, 4.69) is 35.1 Å². The van der Waals surface area contributed by atoms with Gasteiger partial charge in [-0.15, -0.1) is 0 Å². The van der Waals surface area contributed by atoms with Gasteiger partial charge in [-0.1, -0.05) is 6.92 Å². The lowest BCUT2D eigenvalue weighted by atomic mass is 10.1. The smallest absolute Gasteiger partial charge is 0.0555 e. The Labute approximate surface area is 97.9 Å². The maximum Gasteiger partial charge on any atom is 0.0555 e. The molecule has 0 amide bonds.